The third-order valence-electron chi connectivity index (χ3n) is 6.24. The Balaban J connectivity index is 1.87. The summed E-state index contributed by atoms with van der Waals surface area (Å²) >= 11 is 0. The maximum absolute atomic E-state index is 12.4. The second kappa shape index (κ2) is 15.3. The number of nitrogens with one attached hydrogen (secondary N) is 2. The largest absolute Gasteiger partial charge is 0.506 e. The number of rotatable bonds is 14. The van der Waals surface area contributed by atoms with Crippen LogP contribution in [-0.2, 0) is 19.1 Å². The second-order valence-electron chi connectivity index (χ2n) is 9.15. The summed E-state index contributed by atoms with van der Waals surface area (Å²) in [5, 5.41) is 35.6. The van der Waals surface area contributed by atoms with Gasteiger partial charge in [-0.1, -0.05) is 43.3 Å². The molecule has 0 aromatic heterocycles. The van der Waals surface area contributed by atoms with Crippen LogP contribution in [0.15, 0.2) is 48.0 Å². The number of carboxylic acids is 1. The van der Waals surface area contributed by atoms with Crippen molar-refractivity contribution in [3.8, 4) is 5.75 Å². The van der Waals surface area contributed by atoms with Crippen molar-refractivity contribution < 1.29 is 44.0 Å². The number of esters is 1. The zero-order valence-electron chi connectivity index (χ0n) is 22.3. The number of carbonyl (C=O) groups is 4. The highest BCUT2D eigenvalue weighted by Gasteiger charge is 2.29. The molecule has 2 aromatic carbocycles. The molecule has 39 heavy (non-hydrogen) atoms. The van der Waals surface area contributed by atoms with Gasteiger partial charge in [-0.2, -0.15) is 0 Å². The number of hydrogen-bond donors (Lipinski definition) is 5. The first-order valence-electron chi connectivity index (χ1n) is 12.7. The summed E-state index contributed by atoms with van der Waals surface area (Å²) in [6.07, 6.45) is 0.553. The number of phenols is 1. The van der Waals surface area contributed by atoms with Gasteiger partial charge in [0.15, 0.2) is 0 Å². The molecular weight excluding hydrogens is 508 g/mol. The van der Waals surface area contributed by atoms with E-state index in [4.69, 9.17) is 14.6 Å². The molecule has 2 aromatic rings. The van der Waals surface area contributed by atoms with Gasteiger partial charge in [0, 0.05) is 49.4 Å². The number of aliphatic hydroxyl groups is 1. The molecule has 0 saturated carbocycles. The molecule has 0 spiro atoms. The van der Waals surface area contributed by atoms with Crippen molar-refractivity contribution >= 4 is 34.7 Å². The van der Waals surface area contributed by atoms with Crippen LogP contribution in [0.1, 0.15) is 50.4 Å². The summed E-state index contributed by atoms with van der Waals surface area (Å²) in [6.45, 7) is 4.36. The number of aliphatic carboxylic acids is 1. The normalized spacial score (nSPS) is 13.7. The maximum Gasteiger partial charge on any atom is 0.407 e. The molecule has 0 aliphatic carbocycles. The molecule has 0 aliphatic heterocycles. The molecule has 11 heteroatoms. The van der Waals surface area contributed by atoms with Crippen molar-refractivity contribution in [3.05, 3.63) is 53.6 Å². The van der Waals surface area contributed by atoms with E-state index in [-0.39, 0.29) is 61.8 Å². The van der Waals surface area contributed by atoms with Gasteiger partial charge >= 0.3 is 18.0 Å². The van der Waals surface area contributed by atoms with Crippen LogP contribution in [0.3, 0.4) is 0 Å². The molecule has 0 fully saturated rings. The van der Waals surface area contributed by atoms with Gasteiger partial charge in [-0.15, -0.1) is 0 Å². The van der Waals surface area contributed by atoms with E-state index in [0.717, 1.165) is 5.39 Å². The first-order chi connectivity index (χ1) is 18.5. The van der Waals surface area contributed by atoms with Crippen LogP contribution < -0.4 is 10.6 Å². The number of benzene rings is 2. The van der Waals surface area contributed by atoms with Gasteiger partial charge in [0.25, 0.3) is 0 Å². The smallest absolute Gasteiger partial charge is 0.407 e. The topological polar surface area (TPSA) is 171 Å². The van der Waals surface area contributed by atoms with E-state index in [1.807, 2.05) is 12.1 Å². The Morgan fingerprint density at radius 1 is 1.08 bits per heavy atom. The van der Waals surface area contributed by atoms with Crippen LogP contribution in [0.5, 0.6) is 5.75 Å². The van der Waals surface area contributed by atoms with Gasteiger partial charge in [-0.05, 0) is 31.2 Å². The molecule has 0 saturated heterocycles. The van der Waals surface area contributed by atoms with E-state index < -0.39 is 36.1 Å². The maximum atomic E-state index is 12.4. The summed E-state index contributed by atoms with van der Waals surface area (Å²) in [5.41, 5.74) is 0.162. The molecule has 2 amide bonds. The highest BCUT2D eigenvalue weighted by atomic mass is 16.6. The van der Waals surface area contributed by atoms with Gasteiger partial charge in [-0.3, -0.25) is 4.79 Å². The SMILES string of the molecule is CC(=O)N[C@H](C/C=C(\C)C(=O)O)[C@@H](C)[C@@H](CCO)OC(=O)NCCCOC(=O)c1ccc2ccccc2c1O. The van der Waals surface area contributed by atoms with Gasteiger partial charge in [0.1, 0.15) is 17.4 Å². The molecule has 0 bridgehead atoms. The minimum atomic E-state index is -1.08. The number of phenolic OH excluding ortho intramolecular Hbond substituents is 1. The number of fused-ring (bicyclic) bond motifs is 1. The first kappa shape index (κ1) is 31.1. The molecule has 212 valence electrons. The number of ether oxygens (including phenoxy) is 2. The van der Waals surface area contributed by atoms with Gasteiger partial charge in [0.05, 0.1) is 6.61 Å². The van der Waals surface area contributed by atoms with Crippen LogP contribution in [-0.4, -0.2) is 71.2 Å². The Morgan fingerprint density at radius 3 is 2.46 bits per heavy atom. The Hall–Kier alpha value is -4.12. The predicted octanol–water partition coefficient (Wildman–Crippen LogP) is 3.13. The molecule has 0 aliphatic rings. The number of carboxylic acid groups (broad SMARTS) is 1. The lowest BCUT2D eigenvalue weighted by Crippen LogP contribution is -2.45. The summed E-state index contributed by atoms with van der Waals surface area (Å²) < 4.78 is 10.7. The molecule has 0 radical (unpaired) electrons. The fraction of sp³-hybridized carbons (Fsp3) is 0.429. The number of alkyl carbamates (subject to hydrolysis) is 1. The van der Waals surface area contributed by atoms with Crippen LogP contribution in [0.2, 0.25) is 0 Å². The number of carbonyl (C=O) groups excluding carboxylic acids is 3. The van der Waals surface area contributed by atoms with Crippen LogP contribution in [0.4, 0.5) is 4.79 Å². The third-order valence-corrected chi connectivity index (χ3v) is 6.24. The minimum absolute atomic E-state index is 0.0122. The monoisotopic (exact) mass is 544 g/mol. The Bertz CT molecular complexity index is 1190. The first-order valence-corrected chi connectivity index (χ1v) is 12.7. The zero-order valence-corrected chi connectivity index (χ0v) is 22.3. The van der Waals surface area contributed by atoms with Crippen molar-refractivity contribution in [1.82, 2.24) is 10.6 Å². The molecule has 0 heterocycles. The minimum Gasteiger partial charge on any atom is -0.506 e. The van der Waals surface area contributed by atoms with Crippen LogP contribution >= 0.6 is 0 Å². The molecule has 11 nitrogen and oxygen atoms in total. The summed E-state index contributed by atoms with van der Waals surface area (Å²) in [6, 6.07) is 9.77. The Morgan fingerprint density at radius 2 is 1.79 bits per heavy atom. The summed E-state index contributed by atoms with van der Waals surface area (Å²) in [7, 11) is 0. The molecule has 3 atom stereocenters. The van der Waals surface area contributed by atoms with E-state index in [2.05, 4.69) is 10.6 Å². The van der Waals surface area contributed by atoms with E-state index in [9.17, 15) is 29.4 Å². The van der Waals surface area contributed by atoms with Crippen molar-refractivity contribution in [2.45, 2.75) is 52.2 Å². The highest BCUT2D eigenvalue weighted by Crippen LogP contribution is 2.29. The molecule has 2 rings (SSSR count). The number of aromatic hydroxyl groups is 1. The van der Waals surface area contributed by atoms with Crippen molar-refractivity contribution in [2.24, 2.45) is 5.92 Å². The highest BCUT2D eigenvalue weighted by molar-refractivity contribution is 6.01. The van der Waals surface area contributed by atoms with Gasteiger partial charge < -0.3 is 35.4 Å². The van der Waals surface area contributed by atoms with Crippen LogP contribution in [0, 0.1) is 5.92 Å². The quantitative estimate of drug-likeness (QED) is 0.136. The lowest BCUT2D eigenvalue weighted by atomic mass is 9.90. The number of hydrogen-bond acceptors (Lipinski definition) is 8. The molecule has 5 N–H and O–H groups in total. The van der Waals surface area contributed by atoms with Gasteiger partial charge in [0.2, 0.25) is 5.91 Å². The fourth-order valence-electron chi connectivity index (χ4n) is 3.98. The predicted molar refractivity (Wildman–Crippen MR) is 143 cm³/mol. The average Bonchev–Trinajstić information content (AvgIpc) is 2.89. The lowest BCUT2D eigenvalue weighted by Gasteiger charge is -2.30. The lowest BCUT2D eigenvalue weighted by molar-refractivity contribution is -0.132. The number of amides is 2. The molecule has 0 unspecified atom stereocenters. The standard InChI is InChI=1S/C28H36N2O9/c1-17(26(34)35)9-12-23(30-19(3)32)18(2)24(13-15-31)39-28(37)29-14-6-16-38-27(36)22-11-10-20-7-4-5-8-21(20)25(22)33/h4-5,7-11,18,23-24,31,33H,6,12-16H2,1-3H3,(H,29,37)(H,30,32)(H,34,35)/b17-9+/t18-,23-,24-/m1/s1. The Labute approximate surface area is 226 Å². The van der Waals surface area contributed by atoms with E-state index in [1.165, 1.54) is 26.0 Å². The van der Waals surface area contributed by atoms with E-state index in [0.29, 0.717) is 5.39 Å². The summed E-state index contributed by atoms with van der Waals surface area (Å²) in [5.74, 6) is -2.69. The average molecular weight is 545 g/mol. The third kappa shape index (κ3) is 9.60. The van der Waals surface area contributed by atoms with Crippen molar-refractivity contribution in [2.75, 3.05) is 19.8 Å². The Kier molecular flexibility index (Phi) is 12.2. The van der Waals surface area contributed by atoms with Crippen molar-refractivity contribution in [1.29, 1.82) is 0 Å². The fourth-order valence-corrected chi connectivity index (χ4v) is 3.98. The number of aliphatic hydroxyl groups excluding tert-OH is 1. The van der Waals surface area contributed by atoms with Crippen LogP contribution in [0.25, 0.3) is 10.8 Å². The van der Waals surface area contributed by atoms with Crippen molar-refractivity contribution in [3.63, 3.8) is 0 Å². The summed E-state index contributed by atoms with van der Waals surface area (Å²) in [4.78, 5) is 47.6. The second-order valence-corrected chi connectivity index (χ2v) is 9.15. The van der Waals surface area contributed by atoms with E-state index >= 15 is 0 Å². The van der Waals surface area contributed by atoms with E-state index in [1.54, 1.807) is 25.1 Å². The van der Waals surface area contributed by atoms with Gasteiger partial charge in [-0.25, -0.2) is 14.4 Å². The zero-order chi connectivity index (χ0) is 28.9. The molecular formula is C28H36N2O9.